The van der Waals surface area contributed by atoms with Crippen LogP contribution in [0.3, 0.4) is 0 Å². The first-order valence-electron chi connectivity index (χ1n) is 7.75. The topological polar surface area (TPSA) is 61.4 Å². The van der Waals surface area contributed by atoms with Gasteiger partial charge in [-0.2, -0.15) is 0 Å². The van der Waals surface area contributed by atoms with E-state index >= 15 is 0 Å². The highest BCUT2D eigenvalue weighted by molar-refractivity contribution is 6.30. The van der Waals surface area contributed by atoms with Crippen LogP contribution in [-0.4, -0.2) is 36.3 Å². The standard InChI is InChI=1S/C18H18ClN3O2/c19-15-5-3-14(4-6-15)18(24)21-16-7-1-13(2-8-16)11-22-10-9-20-17(23)12-22/h1-8H,9-12H2,(H,20,23)(H,21,24). The van der Waals surface area contributed by atoms with E-state index in [0.29, 0.717) is 23.7 Å². The number of halogens is 1. The third-order valence-electron chi connectivity index (χ3n) is 3.84. The van der Waals surface area contributed by atoms with Gasteiger partial charge in [-0.3, -0.25) is 14.5 Å². The molecule has 2 amide bonds. The van der Waals surface area contributed by atoms with Crippen molar-refractivity contribution in [3.05, 3.63) is 64.7 Å². The van der Waals surface area contributed by atoms with E-state index < -0.39 is 0 Å². The molecule has 0 atom stereocenters. The van der Waals surface area contributed by atoms with Crippen molar-refractivity contribution in [2.24, 2.45) is 0 Å². The van der Waals surface area contributed by atoms with Crippen molar-refractivity contribution in [2.75, 3.05) is 25.0 Å². The number of nitrogens with zero attached hydrogens (tertiary/aromatic N) is 1. The fourth-order valence-corrected chi connectivity index (χ4v) is 2.71. The van der Waals surface area contributed by atoms with Crippen LogP contribution in [0.5, 0.6) is 0 Å². The molecule has 6 heteroatoms. The lowest BCUT2D eigenvalue weighted by Crippen LogP contribution is -2.47. The quantitative estimate of drug-likeness (QED) is 0.896. The molecule has 1 fully saturated rings. The van der Waals surface area contributed by atoms with Crippen molar-refractivity contribution in [2.45, 2.75) is 6.54 Å². The number of piperazine rings is 1. The van der Waals surface area contributed by atoms with Gasteiger partial charge in [0.2, 0.25) is 5.91 Å². The third kappa shape index (κ3) is 4.34. The van der Waals surface area contributed by atoms with Gasteiger partial charge in [0.15, 0.2) is 0 Å². The number of carbonyl (C=O) groups excluding carboxylic acids is 2. The largest absolute Gasteiger partial charge is 0.354 e. The van der Waals surface area contributed by atoms with E-state index in [1.54, 1.807) is 24.3 Å². The number of hydrogen-bond donors (Lipinski definition) is 2. The molecule has 2 N–H and O–H groups in total. The lowest BCUT2D eigenvalue weighted by molar-refractivity contribution is -0.124. The summed E-state index contributed by atoms with van der Waals surface area (Å²) in [5.41, 5.74) is 2.40. The van der Waals surface area contributed by atoms with Crippen LogP contribution in [0, 0.1) is 0 Å². The molecule has 2 aromatic rings. The number of carbonyl (C=O) groups is 2. The second-order valence-corrected chi connectivity index (χ2v) is 6.15. The van der Waals surface area contributed by atoms with Crippen LogP contribution >= 0.6 is 11.6 Å². The number of nitrogens with one attached hydrogen (secondary N) is 2. The maximum Gasteiger partial charge on any atom is 0.255 e. The van der Waals surface area contributed by atoms with E-state index in [1.165, 1.54) is 0 Å². The van der Waals surface area contributed by atoms with Crippen LogP contribution in [0.25, 0.3) is 0 Å². The lowest BCUT2D eigenvalue weighted by Gasteiger charge is -2.26. The number of hydrogen-bond acceptors (Lipinski definition) is 3. The van der Waals surface area contributed by atoms with Gasteiger partial charge in [-0.1, -0.05) is 23.7 Å². The molecule has 1 heterocycles. The predicted molar refractivity (Wildman–Crippen MR) is 94.1 cm³/mol. The molecule has 1 aliphatic rings. The summed E-state index contributed by atoms with van der Waals surface area (Å²) in [6.07, 6.45) is 0. The van der Waals surface area contributed by atoms with Crippen molar-refractivity contribution in [3.8, 4) is 0 Å². The van der Waals surface area contributed by atoms with E-state index in [9.17, 15) is 9.59 Å². The number of amides is 2. The van der Waals surface area contributed by atoms with Crippen molar-refractivity contribution in [1.82, 2.24) is 10.2 Å². The highest BCUT2D eigenvalue weighted by Crippen LogP contribution is 2.15. The number of anilines is 1. The summed E-state index contributed by atoms with van der Waals surface area (Å²) < 4.78 is 0. The Labute approximate surface area is 145 Å². The van der Waals surface area contributed by atoms with Gasteiger partial charge < -0.3 is 10.6 Å². The van der Waals surface area contributed by atoms with Crippen LogP contribution in [0.2, 0.25) is 5.02 Å². The summed E-state index contributed by atoms with van der Waals surface area (Å²) in [6.45, 7) is 2.68. The van der Waals surface area contributed by atoms with Gasteiger partial charge in [-0.25, -0.2) is 0 Å². The van der Waals surface area contributed by atoms with E-state index in [1.807, 2.05) is 24.3 Å². The highest BCUT2D eigenvalue weighted by atomic mass is 35.5. The Kier molecular flexibility index (Phi) is 5.13. The van der Waals surface area contributed by atoms with Gasteiger partial charge in [-0.05, 0) is 42.0 Å². The average molecular weight is 344 g/mol. The predicted octanol–water partition coefficient (Wildman–Crippen LogP) is 2.52. The van der Waals surface area contributed by atoms with Crippen LogP contribution in [0.4, 0.5) is 5.69 Å². The maximum atomic E-state index is 12.2. The van der Waals surface area contributed by atoms with Crippen LogP contribution in [0.1, 0.15) is 15.9 Å². The Balaban J connectivity index is 1.59. The molecule has 0 bridgehead atoms. The second kappa shape index (κ2) is 7.47. The molecule has 2 aromatic carbocycles. The summed E-state index contributed by atoms with van der Waals surface area (Å²) in [5.74, 6) is -0.111. The Bertz CT molecular complexity index is 729. The molecule has 0 radical (unpaired) electrons. The molecule has 1 saturated heterocycles. The van der Waals surface area contributed by atoms with Gasteiger partial charge >= 0.3 is 0 Å². The van der Waals surface area contributed by atoms with E-state index in [2.05, 4.69) is 15.5 Å². The summed E-state index contributed by atoms with van der Waals surface area (Å²) >= 11 is 5.82. The smallest absolute Gasteiger partial charge is 0.255 e. The molecule has 0 spiro atoms. The third-order valence-corrected chi connectivity index (χ3v) is 4.09. The van der Waals surface area contributed by atoms with Crippen molar-refractivity contribution < 1.29 is 9.59 Å². The Morgan fingerprint density at radius 1 is 1.12 bits per heavy atom. The Hall–Kier alpha value is -2.37. The summed E-state index contributed by atoms with van der Waals surface area (Å²) in [4.78, 5) is 25.6. The van der Waals surface area contributed by atoms with E-state index in [4.69, 9.17) is 11.6 Å². The van der Waals surface area contributed by atoms with E-state index in [0.717, 1.165) is 24.3 Å². The maximum absolute atomic E-state index is 12.2. The van der Waals surface area contributed by atoms with Gasteiger partial charge in [0, 0.05) is 35.9 Å². The summed E-state index contributed by atoms with van der Waals surface area (Å²) in [7, 11) is 0. The van der Waals surface area contributed by atoms with Crippen molar-refractivity contribution in [1.29, 1.82) is 0 Å². The molecule has 3 rings (SSSR count). The van der Waals surface area contributed by atoms with Gasteiger partial charge in [0.25, 0.3) is 5.91 Å². The first kappa shape index (κ1) is 16.5. The minimum Gasteiger partial charge on any atom is -0.354 e. The molecule has 124 valence electrons. The zero-order valence-electron chi connectivity index (χ0n) is 13.1. The molecule has 0 unspecified atom stereocenters. The number of rotatable bonds is 4. The molecular weight excluding hydrogens is 326 g/mol. The van der Waals surface area contributed by atoms with Gasteiger partial charge in [0.05, 0.1) is 6.54 Å². The normalized spacial score (nSPS) is 15.0. The van der Waals surface area contributed by atoms with Crippen LogP contribution < -0.4 is 10.6 Å². The van der Waals surface area contributed by atoms with E-state index in [-0.39, 0.29) is 11.8 Å². The molecule has 0 saturated carbocycles. The van der Waals surface area contributed by atoms with Crippen molar-refractivity contribution in [3.63, 3.8) is 0 Å². The minimum atomic E-state index is -0.174. The first-order valence-corrected chi connectivity index (χ1v) is 8.13. The second-order valence-electron chi connectivity index (χ2n) is 5.72. The SMILES string of the molecule is O=C1CN(Cc2ccc(NC(=O)c3ccc(Cl)cc3)cc2)CCN1. The summed E-state index contributed by atoms with van der Waals surface area (Å²) in [5, 5.41) is 6.27. The Morgan fingerprint density at radius 3 is 2.50 bits per heavy atom. The van der Waals surface area contributed by atoms with Crippen LogP contribution in [-0.2, 0) is 11.3 Å². The average Bonchev–Trinajstić information content (AvgIpc) is 2.57. The van der Waals surface area contributed by atoms with Gasteiger partial charge in [-0.15, -0.1) is 0 Å². The molecule has 0 aromatic heterocycles. The molecule has 5 nitrogen and oxygen atoms in total. The number of benzene rings is 2. The lowest BCUT2D eigenvalue weighted by atomic mass is 10.1. The summed E-state index contributed by atoms with van der Waals surface area (Å²) in [6, 6.07) is 14.4. The minimum absolute atomic E-state index is 0.0631. The zero-order valence-corrected chi connectivity index (χ0v) is 13.8. The fraction of sp³-hybridized carbons (Fsp3) is 0.222. The van der Waals surface area contributed by atoms with Gasteiger partial charge in [0.1, 0.15) is 0 Å². The fourth-order valence-electron chi connectivity index (χ4n) is 2.58. The molecule has 0 aliphatic carbocycles. The molecule has 24 heavy (non-hydrogen) atoms. The van der Waals surface area contributed by atoms with Crippen molar-refractivity contribution >= 4 is 29.1 Å². The van der Waals surface area contributed by atoms with Crippen LogP contribution in [0.15, 0.2) is 48.5 Å². The highest BCUT2D eigenvalue weighted by Gasteiger charge is 2.15. The molecular formula is C18H18ClN3O2. The Morgan fingerprint density at radius 2 is 1.83 bits per heavy atom. The first-order chi connectivity index (χ1) is 11.6. The monoisotopic (exact) mass is 343 g/mol. The zero-order chi connectivity index (χ0) is 16.9. The molecule has 1 aliphatic heterocycles.